The lowest BCUT2D eigenvalue weighted by atomic mass is 9.65. The summed E-state index contributed by atoms with van der Waals surface area (Å²) in [5, 5.41) is 13.0. The molecule has 2 aromatic rings. The number of aliphatic carboxylic acids is 1. The molecule has 0 bridgehead atoms. The van der Waals surface area contributed by atoms with Crippen LogP contribution in [0.1, 0.15) is 43.7 Å². The average Bonchev–Trinajstić information content (AvgIpc) is 2.78. The van der Waals surface area contributed by atoms with Crippen LogP contribution < -0.4 is 5.32 Å². The molecule has 3 rings (SSSR count). The first-order valence-electron chi connectivity index (χ1n) is 12.2. The number of carboxylic acids is 1. The van der Waals surface area contributed by atoms with E-state index in [1.165, 1.54) is 0 Å². The van der Waals surface area contributed by atoms with Gasteiger partial charge >= 0.3 is 12.1 Å². The zero-order valence-corrected chi connectivity index (χ0v) is 23.7. The van der Waals surface area contributed by atoms with Gasteiger partial charge in [0.25, 0.3) is 0 Å². The lowest BCUT2D eigenvalue weighted by molar-refractivity contribution is -0.142. The quantitative estimate of drug-likeness (QED) is 0.349. The number of hydrogen-bond donors (Lipinski definition) is 2. The molecular formula is C27H30Cl2F3NO5S. The van der Waals surface area contributed by atoms with E-state index >= 15 is 0 Å². The maximum Gasteiger partial charge on any atom is 0.402 e. The molecular weight excluding hydrogens is 578 g/mol. The molecule has 1 saturated heterocycles. The van der Waals surface area contributed by atoms with Gasteiger partial charge in [0.15, 0.2) is 9.84 Å². The molecule has 0 saturated carbocycles. The Bertz CT molecular complexity index is 1300. The predicted octanol–water partition coefficient (Wildman–Crippen LogP) is 5.92. The molecule has 4 atom stereocenters. The van der Waals surface area contributed by atoms with Crippen molar-refractivity contribution in [3.05, 3.63) is 69.7 Å². The molecule has 2 aromatic carbocycles. The van der Waals surface area contributed by atoms with Crippen LogP contribution in [0.3, 0.4) is 0 Å². The molecule has 6 nitrogen and oxygen atoms in total. The van der Waals surface area contributed by atoms with Crippen molar-refractivity contribution < 1.29 is 36.3 Å². The van der Waals surface area contributed by atoms with E-state index in [-0.39, 0.29) is 12.8 Å². The van der Waals surface area contributed by atoms with Crippen molar-refractivity contribution in [1.82, 2.24) is 5.32 Å². The first kappa shape index (κ1) is 31.2. The highest BCUT2D eigenvalue weighted by Gasteiger charge is 2.48. The zero-order chi connectivity index (χ0) is 29.2. The minimum atomic E-state index is -4.93. The van der Waals surface area contributed by atoms with Gasteiger partial charge in [-0.15, -0.1) is 0 Å². The summed E-state index contributed by atoms with van der Waals surface area (Å²) in [6.45, 7) is 3.50. The Morgan fingerprint density at radius 2 is 1.74 bits per heavy atom. The summed E-state index contributed by atoms with van der Waals surface area (Å²) in [6.07, 6.45) is -5.03. The standard InChI is InChI=1S/C27H30Cl2F3NO5S/c1-26(2,13-16-6-8-19(28)9-7-16)22(14-39(37,38)15-27(30,31)32)24-21(17-4-3-5-20(29)10-17)11-18(12-23(34)35)25(36)33-24/h3-10,18,21-22,24H,11-15H2,1-2H3,(H,33,36)(H,34,35). The molecule has 1 amide bonds. The van der Waals surface area contributed by atoms with E-state index < -0.39 is 75.0 Å². The van der Waals surface area contributed by atoms with Gasteiger partial charge in [0.1, 0.15) is 5.75 Å². The molecule has 1 aliphatic heterocycles. The first-order chi connectivity index (χ1) is 18.0. The highest BCUT2D eigenvalue weighted by Crippen LogP contribution is 2.44. The number of amides is 1. The predicted molar refractivity (Wildman–Crippen MR) is 144 cm³/mol. The number of rotatable bonds is 10. The number of piperidine rings is 1. The van der Waals surface area contributed by atoms with Crippen LogP contribution in [-0.4, -0.2) is 49.1 Å². The fourth-order valence-electron chi connectivity index (χ4n) is 5.45. The summed E-state index contributed by atoms with van der Waals surface area (Å²) in [5.74, 6) is -7.06. The van der Waals surface area contributed by atoms with E-state index in [4.69, 9.17) is 23.2 Å². The second-order valence-corrected chi connectivity index (χ2v) is 13.8. The van der Waals surface area contributed by atoms with Crippen molar-refractivity contribution in [3.63, 3.8) is 0 Å². The highest BCUT2D eigenvalue weighted by atomic mass is 35.5. The van der Waals surface area contributed by atoms with Gasteiger partial charge in [-0.05, 0) is 59.6 Å². The third-order valence-electron chi connectivity index (χ3n) is 7.18. The number of halogens is 5. The van der Waals surface area contributed by atoms with Crippen LogP contribution in [0.5, 0.6) is 0 Å². The van der Waals surface area contributed by atoms with Crippen LogP contribution >= 0.6 is 23.2 Å². The number of alkyl halides is 3. The Labute approximate surface area is 235 Å². The van der Waals surface area contributed by atoms with Crippen molar-refractivity contribution in [3.8, 4) is 0 Å². The maximum atomic E-state index is 13.2. The number of carbonyl (C=O) groups is 2. The van der Waals surface area contributed by atoms with E-state index in [1.807, 2.05) is 0 Å². The van der Waals surface area contributed by atoms with Gasteiger partial charge in [-0.1, -0.05) is 61.3 Å². The SMILES string of the molecule is CC(C)(Cc1ccc(Cl)cc1)C(CS(=O)(=O)CC(F)(F)F)C1NC(=O)C(CC(=O)O)CC1c1cccc(Cl)c1. The fraction of sp³-hybridized carbons (Fsp3) is 0.481. The van der Waals surface area contributed by atoms with Crippen molar-refractivity contribution in [2.24, 2.45) is 17.3 Å². The molecule has 0 radical (unpaired) electrons. The molecule has 214 valence electrons. The average molecular weight is 609 g/mol. The van der Waals surface area contributed by atoms with Crippen LogP contribution in [-0.2, 0) is 25.8 Å². The molecule has 1 heterocycles. The van der Waals surface area contributed by atoms with Gasteiger partial charge in [0.05, 0.1) is 12.2 Å². The van der Waals surface area contributed by atoms with Gasteiger partial charge < -0.3 is 10.4 Å². The molecule has 1 fully saturated rings. The van der Waals surface area contributed by atoms with Crippen LogP contribution in [0.25, 0.3) is 0 Å². The molecule has 0 spiro atoms. The van der Waals surface area contributed by atoms with E-state index in [0.717, 1.165) is 5.56 Å². The normalized spacial score (nSPS) is 21.3. The summed E-state index contributed by atoms with van der Waals surface area (Å²) >= 11 is 12.2. The fourth-order valence-corrected chi connectivity index (χ4v) is 7.59. The minimum Gasteiger partial charge on any atom is -0.481 e. The smallest absolute Gasteiger partial charge is 0.402 e. The van der Waals surface area contributed by atoms with Crippen molar-refractivity contribution in [1.29, 1.82) is 0 Å². The summed E-state index contributed by atoms with van der Waals surface area (Å²) in [4.78, 5) is 24.5. The van der Waals surface area contributed by atoms with Crippen molar-refractivity contribution in [2.45, 2.75) is 51.2 Å². The monoisotopic (exact) mass is 607 g/mol. The van der Waals surface area contributed by atoms with E-state index in [2.05, 4.69) is 5.32 Å². The number of benzene rings is 2. The van der Waals surface area contributed by atoms with E-state index in [1.54, 1.807) is 62.4 Å². The second-order valence-electron chi connectivity index (χ2n) is 10.8. The van der Waals surface area contributed by atoms with E-state index in [0.29, 0.717) is 15.6 Å². The van der Waals surface area contributed by atoms with Gasteiger partial charge in [-0.2, -0.15) is 13.2 Å². The van der Waals surface area contributed by atoms with Gasteiger partial charge in [-0.3, -0.25) is 9.59 Å². The number of carboxylic acid groups (broad SMARTS) is 1. The van der Waals surface area contributed by atoms with Gasteiger partial charge in [0, 0.05) is 27.9 Å². The first-order valence-corrected chi connectivity index (χ1v) is 14.8. The molecule has 39 heavy (non-hydrogen) atoms. The number of carbonyl (C=O) groups excluding carboxylic acids is 1. The molecule has 4 unspecified atom stereocenters. The summed E-state index contributed by atoms with van der Waals surface area (Å²) < 4.78 is 65.4. The molecule has 12 heteroatoms. The number of sulfone groups is 1. The summed E-state index contributed by atoms with van der Waals surface area (Å²) in [5.41, 5.74) is 0.484. The largest absolute Gasteiger partial charge is 0.481 e. The Morgan fingerprint density at radius 3 is 2.31 bits per heavy atom. The maximum absolute atomic E-state index is 13.2. The Kier molecular flexibility index (Phi) is 9.66. The topological polar surface area (TPSA) is 101 Å². The second kappa shape index (κ2) is 12.1. The van der Waals surface area contributed by atoms with Crippen molar-refractivity contribution >= 4 is 44.9 Å². The Hall–Kier alpha value is -2.30. The van der Waals surface area contributed by atoms with Crippen LogP contribution in [0.4, 0.5) is 13.2 Å². The molecule has 0 aliphatic carbocycles. The third kappa shape index (κ3) is 8.85. The number of hydrogen-bond acceptors (Lipinski definition) is 4. The molecule has 1 aliphatic rings. The van der Waals surface area contributed by atoms with Gasteiger partial charge in [-0.25, -0.2) is 8.42 Å². The highest BCUT2D eigenvalue weighted by molar-refractivity contribution is 7.91. The third-order valence-corrected chi connectivity index (χ3v) is 9.30. The molecule has 0 aromatic heterocycles. The van der Waals surface area contributed by atoms with Crippen LogP contribution in [0.15, 0.2) is 48.5 Å². The summed E-state index contributed by atoms with van der Waals surface area (Å²) in [6, 6.07) is 12.6. The van der Waals surface area contributed by atoms with Crippen LogP contribution in [0, 0.1) is 17.3 Å². The van der Waals surface area contributed by atoms with E-state index in [9.17, 15) is 36.3 Å². The Morgan fingerprint density at radius 1 is 1.10 bits per heavy atom. The van der Waals surface area contributed by atoms with Crippen molar-refractivity contribution in [2.75, 3.05) is 11.5 Å². The molecule has 2 N–H and O–H groups in total. The summed E-state index contributed by atoms with van der Waals surface area (Å²) in [7, 11) is -4.65. The lowest BCUT2D eigenvalue weighted by Crippen LogP contribution is -2.57. The van der Waals surface area contributed by atoms with Crippen LogP contribution in [0.2, 0.25) is 10.0 Å². The minimum absolute atomic E-state index is 0.0655. The lowest BCUT2D eigenvalue weighted by Gasteiger charge is -2.46. The number of nitrogens with one attached hydrogen (secondary N) is 1. The van der Waals surface area contributed by atoms with Gasteiger partial charge in [0.2, 0.25) is 5.91 Å². The zero-order valence-electron chi connectivity index (χ0n) is 21.3. The Balaban J connectivity index is 2.10.